The maximum absolute atomic E-state index is 3.70. The van der Waals surface area contributed by atoms with Crippen molar-refractivity contribution in [2.75, 3.05) is 12.3 Å². The van der Waals surface area contributed by atoms with Crippen molar-refractivity contribution in [2.24, 2.45) is 0 Å². The molecule has 0 unspecified atom stereocenters. The lowest BCUT2D eigenvalue weighted by atomic mass is 9.96. The summed E-state index contributed by atoms with van der Waals surface area (Å²) >= 11 is 2.18. The summed E-state index contributed by atoms with van der Waals surface area (Å²) in [6, 6.07) is 0. The zero-order valence-corrected chi connectivity index (χ0v) is 8.59. The van der Waals surface area contributed by atoms with E-state index in [-0.39, 0.29) is 7.43 Å². The predicted molar refractivity (Wildman–Crippen MR) is 62.2 cm³/mol. The summed E-state index contributed by atoms with van der Waals surface area (Å²) < 4.78 is 0. The highest BCUT2D eigenvalue weighted by Crippen LogP contribution is 2.38. The Kier molecular flexibility index (Phi) is 4.60. The van der Waals surface area contributed by atoms with Gasteiger partial charge < -0.3 is 5.32 Å². The lowest BCUT2D eigenvalue weighted by Crippen LogP contribution is -2.37. The second-order valence-corrected chi connectivity index (χ2v) is 5.52. The molecule has 1 saturated heterocycles. The molecule has 1 spiro atoms. The zero-order chi connectivity index (χ0) is 8.28. The van der Waals surface area contributed by atoms with Crippen molar-refractivity contribution in [3.63, 3.8) is 0 Å². The third-order valence-electron chi connectivity index (χ3n) is 3.09. The molecule has 0 aromatic heterocycles. The molecule has 13 heavy (non-hydrogen) atoms. The van der Waals surface area contributed by atoms with Crippen molar-refractivity contribution in [1.82, 2.24) is 5.32 Å². The molecule has 1 nitrogen and oxygen atoms in total. The van der Waals surface area contributed by atoms with Gasteiger partial charge in [-0.05, 0) is 12.8 Å². The van der Waals surface area contributed by atoms with Gasteiger partial charge in [-0.2, -0.15) is 0 Å². The van der Waals surface area contributed by atoms with Crippen LogP contribution in [-0.2, 0) is 0 Å². The maximum Gasteiger partial charge on any atom is 0.0645 e. The molecule has 1 saturated carbocycles. The molecule has 0 atom stereocenters. The Balaban J connectivity index is 0.000000845. The van der Waals surface area contributed by atoms with Crippen molar-refractivity contribution in [3.05, 3.63) is 0 Å². The van der Waals surface area contributed by atoms with E-state index in [1.165, 1.54) is 57.2 Å². The smallest absolute Gasteiger partial charge is 0.0645 e. The van der Waals surface area contributed by atoms with Gasteiger partial charge >= 0.3 is 0 Å². The van der Waals surface area contributed by atoms with E-state index in [1.54, 1.807) is 0 Å². The van der Waals surface area contributed by atoms with Gasteiger partial charge in [-0.15, -0.1) is 11.8 Å². The third kappa shape index (κ3) is 2.88. The third-order valence-corrected chi connectivity index (χ3v) is 4.60. The lowest BCUT2D eigenvalue weighted by molar-refractivity contribution is 0.375. The first-order valence-electron chi connectivity index (χ1n) is 5.30. The number of hydrogen-bond acceptors (Lipinski definition) is 2. The first kappa shape index (κ1) is 11.4. The Bertz CT molecular complexity index is 131. The normalized spacial score (nSPS) is 27.7. The van der Waals surface area contributed by atoms with E-state index in [1.807, 2.05) is 0 Å². The minimum absolute atomic E-state index is 0. The molecule has 0 aromatic carbocycles. The van der Waals surface area contributed by atoms with Gasteiger partial charge in [0.05, 0.1) is 4.87 Å². The van der Waals surface area contributed by atoms with Gasteiger partial charge in [0.15, 0.2) is 0 Å². The molecule has 1 heterocycles. The summed E-state index contributed by atoms with van der Waals surface area (Å²) in [5.41, 5.74) is 0. The fourth-order valence-electron chi connectivity index (χ4n) is 2.37. The Labute approximate surface area is 87.1 Å². The molecule has 1 aliphatic carbocycles. The predicted octanol–water partition coefficient (Wildman–Crippen LogP) is 3.40. The van der Waals surface area contributed by atoms with E-state index in [0.717, 1.165) is 0 Å². The molecule has 1 N–H and O–H groups in total. The molecular weight excluding hydrogens is 178 g/mol. The molecule has 1 aliphatic heterocycles. The van der Waals surface area contributed by atoms with Gasteiger partial charge in [0, 0.05) is 12.3 Å². The van der Waals surface area contributed by atoms with Crippen LogP contribution >= 0.6 is 11.8 Å². The van der Waals surface area contributed by atoms with Crippen LogP contribution in [0.3, 0.4) is 0 Å². The van der Waals surface area contributed by atoms with E-state index in [2.05, 4.69) is 17.1 Å². The largest absolute Gasteiger partial charge is 0.302 e. The van der Waals surface area contributed by atoms with E-state index >= 15 is 0 Å². The van der Waals surface area contributed by atoms with Crippen molar-refractivity contribution in [1.29, 1.82) is 0 Å². The highest BCUT2D eigenvalue weighted by molar-refractivity contribution is 8.00. The quantitative estimate of drug-likeness (QED) is 0.644. The van der Waals surface area contributed by atoms with Gasteiger partial charge in [0.25, 0.3) is 0 Å². The van der Waals surface area contributed by atoms with Gasteiger partial charge in [0.2, 0.25) is 0 Å². The van der Waals surface area contributed by atoms with Crippen LogP contribution in [0.25, 0.3) is 0 Å². The summed E-state index contributed by atoms with van der Waals surface area (Å²) in [5.74, 6) is 1.33. The number of thioether (sulfide) groups is 1. The lowest BCUT2D eigenvalue weighted by Gasteiger charge is -2.30. The van der Waals surface area contributed by atoms with Crippen molar-refractivity contribution >= 4 is 11.8 Å². The second-order valence-electron chi connectivity index (χ2n) is 4.04. The van der Waals surface area contributed by atoms with Gasteiger partial charge in [-0.25, -0.2) is 0 Å². The molecular formula is C11H23NS. The zero-order valence-electron chi connectivity index (χ0n) is 7.77. The van der Waals surface area contributed by atoms with E-state index in [0.29, 0.717) is 4.87 Å². The topological polar surface area (TPSA) is 12.0 Å². The second kappa shape index (κ2) is 5.26. The van der Waals surface area contributed by atoms with E-state index in [9.17, 15) is 0 Å². The van der Waals surface area contributed by atoms with Crippen molar-refractivity contribution < 1.29 is 0 Å². The fraction of sp³-hybridized carbons (Fsp3) is 1.00. The molecule has 2 aliphatic rings. The van der Waals surface area contributed by atoms with Crippen LogP contribution in [0, 0.1) is 0 Å². The summed E-state index contributed by atoms with van der Waals surface area (Å²) in [6.07, 6.45) is 10.1. The average molecular weight is 201 g/mol. The number of nitrogens with one attached hydrogen (secondary N) is 1. The molecule has 0 aromatic rings. The highest BCUT2D eigenvalue weighted by atomic mass is 32.2. The van der Waals surface area contributed by atoms with Gasteiger partial charge in [-0.1, -0.05) is 39.5 Å². The molecule has 0 radical (unpaired) electrons. The molecule has 0 bridgehead atoms. The minimum Gasteiger partial charge on any atom is -0.302 e. The SMILES string of the molecule is C.C1CCCC2(CCC1)NCCS2. The summed E-state index contributed by atoms with van der Waals surface area (Å²) in [7, 11) is 0. The van der Waals surface area contributed by atoms with Crippen LogP contribution < -0.4 is 5.32 Å². The molecule has 0 amide bonds. The van der Waals surface area contributed by atoms with Crippen LogP contribution in [0.2, 0.25) is 0 Å². The van der Waals surface area contributed by atoms with Crippen LogP contribution in [0.15, 0.2) is 0 Å². The Hall–Kier alpha value is 0.310. The van der Waals surface area contributed by atoms with E-state index < -0.39 is 0 Å². The summed E-state index contributed by atoms with van der Waals surface area (Å²) in [6.45, 7) is 1.24. The molecule has 2 fully saturated rings. The van der Waals surface area contributed by atoms with Crippen LogP contribution in [-0.4, -0.2) is 17.2 Å². The first-order chi connectivity index (χ1) is 5.91. The van der Waals surface area contributed by atoms with Gasteiger partial charge in [0.1, 0.15) is 0 Å². The molecule has 2 rings (SSSR count). The Morgan fingerprint density at radius 3 is 2.08 bits per heavy atom. The maximum atomic E-state index is 3.70. The summed E-state index contributed by atoms with van der Waals surface area (Å²) in [4.78, 5) is 0.514. The first-order valence-corrected chi connectivity index (χ1v) is 6.29. The van der Waals surface area contributed by atoms with Crippen molar-refractivity contribution in [3.8, 4) is 0 Å². The molecule has 2 heteroatoms. The van der Waals surface area contributed by atoms with Crippen molar-refractivity contribution in [2.45, 2.75) is 57.2 Å². The standard InChI is InChI=1S/C10H19NS.CH4/c1-2-4-6-10(7-5-3-1)11-8-9-12-10;/h11H,1-9H2;1H4. The minimum atomic E-state index is 0. The fourth-order valence-corrected chi connectivity index (χ4v) is 3.75. The summed E-state index contributed by atoms with van der Waals surface area (Å²) in [5, 5.41) is 3.70. The average Bonchev–Trinajstić information content (AvgIpc) is 2.47. The van der Waals surface area contributed by atoms with Gasteiger partial charge in [-0.3, -0.25) is 0 Å². The van der Waals surface area contributed by atoms with Crippen LogP contribution in [0.4, 0.5) is 0 Å². The van der Waals surface area contributed by atoms with Crippen LogP contribution in [0.5, 0.6) is 0 Å². The Morgan fingerprint density at radius 1 is 0.923 bits per heavy atom. The number of rotatable bonds is 0. The monoisotopic (exact) mass is 201 g/mol. The highest BCUT2D eigenvalue weighted by Gasteiger charge is 2.33. The number of hydrogen-bond donors (Lipinski definition) is 1. The van der Waals surface area contributed by atoms with E-state index in [4.69, 9.17) is 0 Å². The van der Waals surface area contributed by atoms with Crippen LogP contribution in [0.1, 0.15) is 52.4 Å². The Morgan fingerprint density at radius 2 is 1.54 bits per heavy atom. The molecule has 78 valence electrons.